The van der Waals surface area contributed by atoms with Crippen LogP contribution in [0.5, 0.6) is 0 Å². The Bertz CT molecular complexity index is 214. The molecule has 0 aromatic heterocycles. The molecule has 2 aliphatic rings. The lowest BCUT2D eigenvalue weighted by Crippen LogP contribution is -2.47. The Balaban J connectivity index is 2.06. The van der Waals surface area contributed by atoms with E-state index in [1.54, 1.807) is 0 Å². The van der Waals surface area contributed by atoms with Gasteiger partial charge < -0.3 is 15.0 Å². The normalized spacial score (nSPS) is 34.6. The van der Waals surface area contributed by atoms with Crippen LogP contribution >= 0.6 is 0 Å². The quantitative estimate of drug-likeness (QED) is 0.644. The summed E-state index contributed by atoms with van der Waals surface area (Å²) in [4.78, 5) is 13.9. The number of hydrogen-bond donors (Lipinski definition) is 1. The van der Waals surface area contributed by atoms with Crippen LogP contribution in [0.3, 0.4) is 0 Å². The molecule has 2 aliphatic heterocycles. The van der Waals surface area contributed by atoms with Crippen LogP contribution < -0.4 is 5.32 Å². The standard InChI is InChI=1S/C10H18N2O2/c1-8-7-14-5-3-10(13)12(8)9-2-4-11-6-9/h8-9,11H,2-7H2,1H3. The Morgan fingerprint density at radius 3 is 3.14 bits per heavy atom. The van der Waals surface area contributed by atoms with Crippen LogP contribution in [0, 0.1) is 0 Å². The van der Waals surface area contributed by atoms with Gasteiger partial charge in [0.2, 0.25) is 5.91 Å². The van der Waals surface area contributed by atoms with E-state index < -0.39 is 0 Å². The number of carbonyl (C=O) groups excluding carboxylic acids is 1. The van der Waals surface area contributed by atoms with E-state index >= 15 is 0 Å². The van der Waals surface area contributed by atoms with Crippen molar-refractivity contribution in [3.63, 3.8) is 0 Å². The van der Waals surface area contributed by atoms with E-state index in [4.69, 9.17) is 4.74 Å². The maximum absolute atomic E-state index is 11.8. The smallest absolute Gasteiger partial charge is 0.225 e. The van der Waals surface area contributed by atoms with Crippen molar-refractivity contribution in [3.8, 4) is 0 Å². The van der Waals surface area contributed by atoms with Crippen LogP contribution in [-0.2, 0) is 9.53 Å². The molecule has 2 atom stereocenters. The SMILES string of the molecule is CC1COCCC(=O)N1C1CCNC1. The van der Waals surface area contributed by atoms with Crippen LogP contribution in [0.1, 0.15) is 19.8 Å². The lowest BCUT2D eigenvalue weighted by atomic mass is 10.1. The molecule has 0 aromatic rings. The van der Waals surface area contributed by atoms with E-state index in [2.05, 4.69) is 12.2 Å². The number of nitrogens with zero attached hydrogens (tertiary/aromatic N) is 1. The summed E-state index contributed by atoms with van der Waals surface area (Å²) in [6, 6.07) is 0.620. The molecule has 0 radical (unpaired) electrons. The lowest BCUT2D eigenvalue weighted by Gasteiger charge is -2.32. The Hall–Kier alpha value is -0.610. The molecule has 0 aromatic carbocycles. The summed E-state index contributed by atoms with van der Waals surface area (Å²) in [6.07, 6.45) is 1.62. The minimum absolute atomic E-state index is 0.231. The first kappa shape index (κ1) is 9.93. The topological polar surface area (TPSA) is 41.6 Å². The maximum Gasteiger partial charge on any atom is 0.225 e. The molecular weight excluding hydrogens is 180 g/mol. The van der Waals surface area contributed by atoms with Gasteiger partial charge in [0.1, 0.15) is 0 Å². The van der Waals surface area contributed by atoms with Crippen molar-refractivity contribution in [1.29, 1.82) is 0 Å². The van der Waals surface area contributed by atoms with E-state index in [1.807, 2.05) is 4.90 Å². The third kappa shape index (κ3) is 1.91. The van der Waals surface area contributed by atoms with Crippen LogP contribution in [0.2, 0.25) is 0 Å². The molecule has 0 bridgehead atoms. The molecule has 4 nitrogen and oxygen atoms in total. The molecule has 4 heteroatoms. The fourth-order valence-electron chi connectivity index (χ4n) is 2.31. The van der Waals surface area contributed by atoms with Crippen LogP contribution in [0.25, 0.3) is 0 Å². The van der Waals surface area contributed by atoms with Crippen molar-refractivity contribution < 1.29 is 9.53 Å². The summed E-state index contributed by atoms with van der Waals surface area (Å²) < 4.78 is 5.38. The van der Waals surface area contributed by atoms with Gasteiger partial charge in [-0.1, -0.05) is 0 Å². The highest BCUT2D eigenvalue weighted by Gasteiger charge is 2.31. The lowest BCUT2D eigenvalue weighted by molar-refractivity contribution is -0.134. The highest BCUT2D eigenvalue weighted by Crippen LogP contribution is 2.16. The minimum Gasteiger partial charge on any atom is -0.379 e. The van der Waals surface area contributed by atoms with Crippen molar-refractivity contribution in [2.24, 2.45) is 0 Å². The van der Waals surface area contributed by atoms with Gasteiger partial charge in [-0.15, -0.1) is 0 Å². The number of hydrogen-bond acceptors (Lipinski definition) is 3. The predicted octanol–water partition coefficient (Wildman–Crippen LogP) is -0.0143. The Morgan fingerprint density at radius 1 is 1.57 bits per heavy atom. The second kappa shape index (κ2) is 4.28. The summed E-state index contributed by atoms with van der Waals surface area (Å²) in [7, 11) is 0. The Labute approximate surface area is 84.6 Å². The average Bonchev–Trinajstić information content (AvgIpc) is 2.61. The Morgan fingerprint density at radius 2 is 2.43 bits per heavy atom. The Kier molecular flexibility index (Phi) is 3.03. The molecular formula is C10H18N2O2. The van der Waals surface area contributed by atoms with E-state index in [-0.39, 0.29) is 11.9 Å². The van der Waals surface area contributed by atoms with Crippen LogP contribution in [0.15, 0.2) is 0 Å². The fourth-order valence-corrected chi connectivity index (χ4v) is 2.31. The van der Waals surface area contributed by atoms with Crippen LogP contribution in [0.4, 0.5) is 0 Å². The van der Waals surface area contributed by atoms with Gasteiger partial charge in [0.25, 0.3) is 0 Å². The third-order valence-electron chi connectivity index (χ3n) is 3.01. The van der Waals surface area contributed by atoms with Gasteiger partial charge in [0, 0.05) is 12.6 Å². The number of nitrogens with one attached hydrogen (secondary N) is 1. The first-order valence-corrected chi connectivity index (χ1v) is 5.38. The first-order valence-electron chi connectivity index (χ1n) is 5.38. The summed E-state index contributed by atoms with van der Waals surface area (Å²) in [5.74, 6) is 0.253. The molecule has 0 saturated carbocycles. The fraction of sp³-hybridized carbons (Fsp3) is 0.900. The zero-order chi connectivity index (χ0) is 9.97. The average molecular weight is 198 g/mol. The molecule has 0 spiro atoms. The molecule has 2 rings (SSSR count). The number of carbonyl (C=O) groups is 1. The third-order valence-corrected chi connectivity index (χ3v) is 3.01. The highest BCUT2D eigenvalue weighted by atomic mass is 16.5. The molecule has 0 aliphatic carbocycles. The summed E-state index contributed by atoms with van der Waals surface area (Å²) in [6.45, 7) is 5.31. The highest BCUT2D eigenvalue weighted by molar-refractivity contribution is 5.77. The molecule has 2 heterocycles. The number of ether oxygens (including phenoxy) is 1. The van der Waals surface area contributed by atoms with Crippen molar-refractivity contribution >= 4 is 5.91 Å². The van der Waals surface area contributed by atoms with Crippen LogP contribution in [-0.4, -0.2) is 49.2 Å². The van der Waals surface area contributed by atoms with Gasteiger partial charge in [0.15, 0.2) is 0 Å². The van der Waals surface area contributed by atoms with Crippen molar-refractivity contribution in [2.75, 3.05) is 26.3 Å². The first-order chi connectivity index (χ1) is 6.79. The van der Waals surface area contributed by atoms with E-state index in [0.717, 1.165) is 19.5 Å². The van der Waals surface area contributed by atoms with E-state index in [9.17, 15) is 4.79 Å². The van der Waals surface area contributed by atoms with Gasteiger partial charge in [-0.05, 0) is 19.9 Å². The van der Waals surface area contributed by atoms with Gasteiger partial charge in [0.05, 0.1) is 25.7 Å². The van der Waals surface area contributed by atoms with Gasteiger partial charge >= 0.3 is 0 Å². The van der Waals surface area contributed by atoms with Gasteiger partial charge in [-0.2, -0.15) is 0 Å². The monoisotopic (exact) mass is 198 g/mol. The minimum atomic E-state index is 0.231. The van der Waals surface area contributed by atoms with Crippen molar-refractivity contribution in [2.45, 2.75) is 31.8 Å². The maximum atomic E-state index is 11.8. The van der Waals surface area contributed by atoms with Gasteiger partial charge in [-0.25, -0.2) is 0 Å². The molecule has 2 unspecified atom stereocenters. The zero-order valence-electron chi connectivity index (χ0n) is 8.66. The zero-order valence-corrected chi connectivity index (χ0v) is 8.66. The molecule has 2 fully saturated rings. The summed E-state index contributed by atoms with van der Waals surface area (Å²) in [5.41, 5.74) is 0. The molecule has 1 amide bonds. The van der Waals surface area contributed by atoms with Crippen molar-refractivity contribution in [3.05, 3.63) is 0 Å². The largest absolute Gasteiger partial charge is 0.379 e. The molecule has 1 N–H and O–H groups in total. The summed E-state index contributed by atoms with van der Waals surface area (Å²) >= 11 is 0. The second-order valence-electron chi connectivity index (χ2n) is 4.12. The number of amides is 1. The second-order valence-corrected chi connectivity index (χ2v) is 4.12. The predicted molar refractivity (Wildman–Crippen MR) is 53.0 cm³/mol. The van der Waals surface area contributed by atoms with Gasteiger partial charge in [-0.3, -0.25) is 4.79 Å². The summed E-state index contributed by atoms with van der Waals surface area (Å²) in [5, 5.41) is 3.30. The van der Waals surface area contributed by atoms with E-state index in [0.29, 0.717) is 25.7 Å². The molecule has 2 saturated heterocycles. The van der Waals surface area contributed by atoms with E-state index in [1.165, 1.54) is 0 Å². The number of rotatable bonds is 1. The van der Waals surface area contributed by atoms with Crippen molar-refractivity contribution in [1.82, 2.24) is 10.2 Å². The molecule has 14 heavy (non-hydrogen) atoms. The molecule has 80 valence electrons.